The van der Waals surface area contributed by atoms with Gasteiger partial charge in [0.05, 0.1) is 17.1 Å². The highest BCUT2D eigenvalue weighted by atomic mass is 32.1. The summed E-state index contributed by atoms with van der Waals surface area (Å²) in [7, 11) is 0. The van der Waals surface area contributed by atoms with E-state index in [9.17, 15) is 4.79 Å². The van der Waals surface area contributed by atoms with Crippen molar-refractivity contribution in [2.75, 3.05) is 13.2 Å². The summed E-state index contributed by atoms with van der Waals surface area (Å²) in [5.41, 5.74) is 6.12. The van der Waals surface area contributed by atoms with Crippen LogP contribution in [0.4, 0.5) is 0 Å². The average molecular weight is 321 g/mol. The quantitative estimate of drug-likeness (QED) is 0.896. The molecule has 0 atom stereocenters. The van der Waals surface area contributed by atoms with E-state index in [0.717, 1.165) is 10.7 Å². The molecule has 1 aliphatic rings. The van der Waals surface area contributed by atoms with Crippen LogP contribution in [0.1, 0.15) is 23.6 Å². The predicted octanol–water partition coefficient (Wildman–Crippen LogP) is 1.84. The summed E-state index contributed by atoms with van der Waals surface area (Å²) in [5, 5.41) is 5.79. The van der Waals surface area contributed by atoms with E-state index in [1.165, 1.54) is 0 Å². The first-order chi connectivity index (χ1) is 10.6. The fraction of sp³-hybridized carbons (Fsp3) is 0.467. The number of ether oxygens (including phenoxy) is 1. The molecule has 1 aliphatic heterocycles. The van der Waals surface area contributed by atoms with E-state index in [-0.39, 0.29) is 5.91 Å². The van der Waals surface area contributed by atoms with Crippen LogP contribution in [0.2, 0.25) is 0 Å². The molecule has 22 heavy (non-hydrogen) atoms. The molecule has 0 aromatic carbocycles. The minimum atomic E-state index is -0.834. The molecule has 0 spiro atoms. The number of nitrogens with two attached hydrogens (primary N) is 1. The molecular formula is C15H19N3O3S. The predicted molar refractivity (Wildman–Crippen MR) is 83.4 cm³/mol. The van der Waals surface area contributed by atoms with Crippen LogP contribution in [0.25, 0.3) is 11.5 Å². The van der Waals surface area contributed by atoms with Crippen molar-refractivity contribution in [3.8, 4) is 11.5 Å². The van der Waals surface area contributed by atoms with Crippen molar-refractivity contribution in [2.24, 2.45) is 5.73 Å². The largest absolute Gasteiger partial charge is 0.458 e. The van der Waals surface area contributed by atoms with Gasteiger partial charge in [-0.05, 0) is 31.9 Å². The van der Waals surface area contributed by atoms with E-state index >= 15 is 0 Å². The van der Waals surface area contributed by atoms with Crippen LogP contribution < -0.4 is 11.1 Å². The highest BCUT2D eigenvalue weighted by molar-refractivity contribution is 7.09. The summed E-state index contributed by atoms with van der Waals surface area (Å²) in [4.78, 5) is 16.6. The first-order valence-corrected chi connectivity index (χ1v) is 8.11. The fourth-order valence-electron chi connectivity index (χ4n) is 2.39. The molecule has 0 radical (unpaired) electrons. The summed E-state index contributed by atoms with van der Waals surface area (Å²) < 4.78 is 11.0. The number of aromatic nitrogens is 1. The van der Waals surface area contributed by atoms with Gasteiger partial charge in [-0.3, -0.25) is 4.79 Å². The van der Waals surface area contributed by atoms with Gasteiger partial charge in [0.15, 0.2) is 5.76 Å². The molecule has 118 valence electrons. The molecule has 0 bridgehead atoms. The lowest BCUT2D eigenvalue weighted by Crippen LogP contribution is -2.56. The molecule has 1 saturated heterocycles. The number of rotatable bonds is 4. The lowest BCUT2D eigenvalue weighted by atomic mass is 9.90. The van der Waals surface area contributed by atoms with Crippen LogP contribution in [0.15, 0.2) is 21.9 Å². The van der Waals surface area contributed by atoms with Crippen molar-refractivity contribution in [1.29, 1.82) is 0 Å². The van der Waals surface area contributed by atoms with Crippen molar-refractivity contribution in [1.82, 2.24) is 10.3 Å². The number of hydrogen-bond donors (Lipinski definition) is 2. The van der Waals surface area contributed by atoms with Crippen LogP contribution in [0, 0.1) is 6.92 Å². The summed E-state index contributed by atoms with van der Waals surface area (Å²) in [5.74, 6) is 1.24. The minimum absolute atomic E-state index is 0.154. The van der Waals surface area contributed by atoms with Gasteiger partial charge >= 0.3 is 0 Å². The standard InChI is InChI=1S/C15H19N3O3S/c1-10-18-12(9-22-10)13-3-2-11(21-13)8-17-14(19)15(16)4-6-20-7-5-15/h2-3,9H,4-8,16H2,1H3,(H,17,19). The molecule has 2 aromatic heterocycles. The summed E-state index contributed by atoms with van der Waals surface area (Å²) in [6, 6.07) is 3.71. The van der Waals surface area contributed by atoms with E-state index < -0.39 is 5.54 Å². The first-order valence-electron chi connectivity index (χ1n) is 7.23. The minimum Gasteiger partial charge on any atom is -0.458 e. The molecule has 0 saturated carbocycles. The Morgan fingerprint density at radius 1 is 1.45 bits per heavy atom. The Bertz CT molecular complexity index is 659. The topological polar surface area (TPSA) is 90.4 Å². The molecular weight excluding hydrogens is 302 g/mol. The van der Waals surface area contributed by atoms with E-state index in [1.807, 2.05) is 24.4 Å². The third-order valence-corrected chi connectivity index (χ3v) is 4.57. The monoisotopic (exact) mass is 321 g/mol. The maximum atomic E-state index is 12.2. The second-order valence-corrected chi connectivity index (χ2v) is 6.53. The molecule has 0 unspecified atom stereocenters. The molecule has 2 aromatic rings. The fourth-order valence-corrected chi connectivity index (χ4v) is 3.00. The normalized spacial score (nSPS) is 17.4. The Morgan fingerprint density at radius 2 is 2.23 bits per heavy atom. The van der Waals surface area contributed by atoms with E-state index in [0.29, 0.717) is 44.1 Å². The summed E-state index contributed by atoms with van der Waals surface area (Å²) in [6.07, 6.45) is 1.08. The summed E-state index contributed by atoms with van der Waals surface area (Å²) >= 11 is 1.58. The zero-order chi connectivity index (χ0) is 15.6. The van der Waals surface area contributed by atoms with Gasteiger partial charge in [0, 0.05) is 18.6 Å². The number of hydrogen-bond acceptors (Lipinski definition) is 6. The Hall–Kier alpha value is -1.70. The lowest BCUT2D eigenvalue weighted by molar-refractivity contribution is -0.130. The van der Waals surface area contributed by atoms with Gasteiger partial charge in [-0.25, -0.2) is 4.98 Å². The molecule has 7 heteroatoms. The number of furan rings is 1. The number of aryl methyl sites for hydroxylation is 1. The van der Waals surface area contributed by atoms with Crippen LogP contribution in [-0.4, -0.2) is 29.6 Å². The Balaban J connectivity index is 1.60. The Morgan fingerprint density at radius 3 is 2.91 bits per heavy atom. The zero-order valence-electron chi connectivity index (χ0n) is 12.4. The SMILES string of the molecule is Cc1nc(-c2ccc(CNC(=O)C3(N)CCOCC3)o2)cs1. The number of nitrogens with zero attached hydrogens (tertiary/aromatic N) is 1. The molecule has 3 N–H and O–H groups in total. The second kappa shape index (κ2) is 6.20. The van der Waals surface area contributed by atoms with Crippen molar-refractivity contribution in [3.63, 3.8) is 0 Å². The van der Waals surface area contributed by atoms with Crippen molar-refractivity contribution in [3.05, 3.63) is 28.3 Å². The van der Waals surface area contributed by atoms with Crippen molar-refractivity contribution < 1.29 is 13.9 Å². The van der Waals surface area contributed by atoms with Gasteiger partial charge in [0.25, 0.3) is 0 Å². The third kappa shape index (κ3) is 3.21. The van der Waals surface area contributed by atoms with Gasteiger partial charge in [-0.1, -0.05) is 0 Å². The van der Waals surface area contributed by atoms with Crippen LogP contribution >= 0.6 is 11.3 Å². The van der Waals surface area contributed by atoms with Crippen molar-refractivity contribution in [2.45, 2.75) is 31.8 Å². The molecule has 3 heterocycles. The van der Waals surface area contributed by atoms with Gasteiger partial charge in [0.2, 0.25) is 5.91 Å². The Labute approximate surface area is 132 Å². The molecule has 1 fully saturated rings. The number of carbonyl (C=O) groups excluding carboxylic acids is 1. The Kier molecular flexibility index (Phi) is 4.28. The maximum absolute atomic E-state index is 12.2. The highest BCUT2D eigenvalue weighted by Crippen LogP contribution is 2.24. The van der Waals surface area contributed by atoms with Crippen LogP contribution in [-0.2, 0) is 16.1 Å². The van der Waals surface area contributed by atoms with Gasteiger partial charge in [0.1, 0.15) is 11.5 Å². The first kappa shape index (κ1) is 15.2. The van der Waals surface area contributed by atoms with Gasteiger partial charge in [-0.15, -0.1) is 11.3 Å². The number of nitrogens with one attached hydrogen (secondary N) is 1. The maximum Gasteiger partial charge on any atom is 0.240 e. The average Bonchev–Trinajstić information content (AvgIpc) is 3.14. The summed E-state index contributed by atoms with van der Waals surface area (Å²) in [6.45, 7) is 3.32. The zero-order valence-corrected chi connectivity index (χ0v) is 13.2. The second-order valence-electron chi connectivity index (χ2n) is 5.47. The third-order valence-electron chi connectivity index (χ3n) is 3.79. The molecule has 1 amide bonds. The van der Waals surface area contributed by atoms with Crippen molar-refractivity contribution >= 4 is 17.2 Å². The molecule has 3 rings (SSSR count). The number of amides is 1. The smallest absolute Gasteiger partial charge is 0.240 e. The molecule has 0 aliphatic carbocycles. The van der Waals surface area contributed by atoms with E-state index in [2.05, 4.69) is 10.3 Å². The number of thiazole rings is 1. The van der Waals surface area contributed by atoms with Gasteiger partial charge in [-0.2, -0.15) is 0 Å². The van der Waals surface area contributed by atoms with Gasteiger partial charge < -0.3 is 20.2 Å². The van der Waals surface area contributed by atoms with E-state index in [4.69, 9.17) is 14.9 Å². The lowest BCUT2D eigenvalue weighted by Gasteiger charge is -2.31. The number of carbonyl (C=O) groups is 1. The van der Waals surface area contributed by atoms with Crippen LogP contribution in [0.5, 0.6) is 0 Å². The highest BCUT2D eigenvalue weighted by Gasteiger charge is 2.35. The van der Waals surface area contributed by atoms with E-state index in [1.54, 1.807) is 11.3 Å². The van der Waals surface area contributed by atoms with Crippen LogP contribution in [0.3, 0.4) is 0 Å². The molecule has 6 nitrogen and oxygen atoms in total.